The second-order valence-corrected chi connectivity index (χ2v) is 14.5. The zero-order valence-corrected chi connectivity index (χ0v) is 29.4. The third-order valence-corrected chi connectivity index (χ3v) is 10.4. The molecule has 7 rings (SSSR count). The van der Waals surface area contributed by atoms with Crippen LogP contribution in [0.5, 0.6) is 11.5 Å². The molecule has 0 bridgehead atoms. The molecule has 264 valence electrons. The topological polar surface area (TPSA) is 148 Å². The fourth-order valence-corrected chi connectivity index (χ4v) is 6.75. The van der Waals surface area contributed by atoms with Crippen molar-refractivity contribution in [3.05, 3.63) is 59.5 Å². The van der Waals surface area contributed by atoms with E-state index in [1.165, 1.54) is 7.11 Å². The first-order valence-corrected chi connectivity index (χ1v) is 16.9. The van der Waals surface area contributed by atoms with Crippen LogP contribution in [0.2, 0.25) is 0 Å². The molecule has 15 heteroatoms. The lowest BCUT2D eigenvalue weighted by Gasteiger charge is -2.32. The van der Waals surface area contributed by atoms with Crippen molar-refractivity contribution in [2.24, 2.45) is 5.92 Å². The number of alkyl carbamates (subject to hydrolysis) is 1. The fourth-order valence-electron chi connectivity index (χ4n) is 6.75. The standard InChI is InChI=1S/C35H43BN6O8/c1-20(2)28(39-32(44)46-7)31(43)42-18-41(33(45)40-15-22-10-13-27-29(24(22)16-40)48-19-47-27)17-26(42)30-37-14-25(38-30)21-8-11-23(12-9-21)36-49-34(3,4)35(5,6)50-36/h8-14,20,26,28H,15-19H2,1-7H3,(H,37,38)(H,39,44)/t26-,28-/m0/s1. The van der Waals surface area contributed by atoms with Crippen LogP contribution in [0.1, 0.15) is 64.5 Å². The number of hydrogen-bond acceptors (Lipinski definition) is 9. The number of ether oxygens (including phenoxy) is 3. The van der Waals surface area contributed by atoms with Gasteiger partial charge in [-0.2, -0.15) is 0 Å². The van der Waals surface area contributed by atoms with Crippen LogP contribution in [0.4, 0.5) is 9.59 Å². The highest BCUT2D eigenvalue weighted by atomic mass is 16.7. The molecule has 2 N–H and O–H groups in total. The Balaban J connectivity index is 1.13. The molecule has 4 aliphatic heterocycles. The Kier molecular flexibility index (Phi) is 8.46. The monoisotopic (exact) mass is 686 g/mol. The number of nitrogens with one attached hydrogen (secondary N) is 2. The van der Waals surface area contributed by atoms with Crippen molar-refractivity contribution in [1.82, 2.24) is 30.0 Å². The van der Waals surface area contributed by atoms with E-state index in [9.17, 15) is 14.4 Å². The summed E-state index contributed by atoms with van der Waals surface area (Å²) in [4.78, 5) is 53.6. The molecule has 2 saturated heterocycles. The number of urea groups is 1. The van der Waals surface area contributed by atoms with Gasteiger partial charge in [0, 0.05) is 23.9 Å². The molecule has 50 heavy (non-hydrogen) atoms. The number of imidazole rings is 1. The van der Waals surface area contributed by atoms with Crippen LogP contribution in [0.3, 0.4) is 0 Å². The van der Waals surface area contributed by atoms with Crippen LogP contribution < -0.4 is 20.3 Å². The van der Waals surface area contributed by atoms with Gasteiger partial charge in [0.2, 0.25) is 12.7 Å². The summed E-state index contributed by atoms with van der Waals surface area (Å²) < 4.78 is 28.5. The molecule has 2 atom stereocenters. The largest absolute Gasteiger partial charge is 0.494 e. The van der Waals surface area contributed by atoms with Crippen LogP contribution in [0.15, 0.2) is 42.6 Å². The Hall–Kier alpha value is -4.76. The van der Waals surface area contributed by atoms with E-state index < -0.39 is 36.5 Å². The van der Waals surface area contributed by atoms with E-state index in [1.807, 2.05) is 77.9 Å². The number of amides is 4. The van der Waals surface area contributed by atoms with Gasteiger partial charge >= 0.3 is 19.2 Å². The lowest BCUT2D eigenvalue weighted by Crippen LogP contribution is -2.52. The molecule has 4 aliphatic rings. The molecule has 0 unspecified atom stereocenters. The van der Waals surface area contributed by atoms with Gasteiger partial charge in [-0.05, 0) is 50.7 Å². The molecule has 0 radical (unpaired) electrons. The minimum absolute atomic E-state index is 0.0117. The van der Waals surface area contributed by atoms with Crippen molar-refractivity contribution in [3.8, 4) is 22.8 Å². The summed E-state index contributed by atoms with van der Waals surface area (Å²) in [7, 11) is 0.770. The summed E-state index contributed by atoms with van der Waals surface area (Å²) in [5.41, 5.74) is 3.46. The van der Waals surface area contributed by atoms with Gasteiger partial charge < -0.3 is 48.5 Å². The van der Waals surface area contributed by atoms with E-state index in [2.05, 4.69) is 10.3 Å². The Labute approximate surface area is 291 Å². The van der Waals surface area contributed by atoms with Gasteiger partial charge in [0.15, 0.2) is 11.5 Å². The maximum Gasteiger partial charge on any atom is 0.494 e. The van der Waals surface area contributed by atoms with Gasteiger partial charge in [0.05, 0.1) is 43.8 Å². The number of nitrogens with zero attached hydrogens (tertiary/aromatic N) is 4. The Morgan fingerprint density at radius 1 is 1.00 bits per heavy atom. The highest BCUT2D eigenvalue weighted by Gasteiger charge is 2.51. The number of benzene rings is 2. The van der Waals surface area contributed by atoms with Crippen molar-refractivity contribution in [2.45, 2.75) is 77.9 Å². The van der Waals surface area contributed by atoms with Crippen molar-refractivity contribution in [2.75, 3.05) is 27.1 Å². The molecular weight excluding hydrogens is 643 g/mol. The predicted octanol–water partition coefficient (Wildman–Crippen LogP) is 3.76. The number of hydrogen-bond donors (Lipinski definition) is 2. The molecule has 0 saturated carbocycles. The Morgan fingerprint density at radius 2 is 1.72 bits per heavy atom. The summed E-state index contributed by atoms with van der Waals surface area (Å²) in [5.74, 6) is 1.27. The lowest BCUT2D eigenvalue weighted by atomic mass is 9.79. The number of methoxy groups -OCH3 is 1. The first-order chi connectivity index (χ1) is 23.8. The van der Waals surface area contributed by atoms with Gasteiger partial charge in [-0.1, -0.05) is 44.2 Å². The summed E-state index contributed by atoms with van der Waals surface area (Å²) in [6.45, 7) is 12.9. The maximum atomic E-state index is 14.2. The average molecular weight is 687 g/mol. The normalized spacial score (nSPS) is 20.8. The van der Waals surface area contributed by atoms with Crippen LogP contribution >= 0.6 is 0 Å². The van der Waals surface area contributed by atoms with E-state index in [1.54, 1.807) is 20.9 Å². The highest BCUT2D eigenvalue weighted by Crippen LogP contribution is 2.42. The molecule has 0 aliphatic carbocycles. The van der Waals surface area contributed by atoms with Gasteiger partial charge in [0.1, 0.15) is 17.9 Å². The summed E-state index contributed by atoms with van der Waals surface area (Å²) in [5, 5.41) is 2.68. The Morgan fingerprint density at radius 3 is 2.40 bits per heavy atom. The Bertz CT molecular complexity index is 1790. The molecule has 2 aromatic carbocycles. The molecule has 4 amide bonds. The number of aromatic nitrogens is 2. The van der Waals surface area contributed by atoms with Gasteiger partial charge in [0.25, 0.3) is 0 Å². The van der Waals surface area contributed by atoms with Gasteiger partial charge in [-0.25, -0.2) is 14.6 Å². The van der Waals surface area contributed by atoms with Crippen molar-refractivity contribution >= 4 is 30.6 Å². The van der Waals surface area contributed by atoms with Gasteiger partial charge in [-0.3, -0.25) is 4.79 Å². The predicted molar refractivity (Wildman–Crippen MR) is 182 cm³/mol. The second kappa shape index (κ2) is 12.5. The van der Waals surface area contributed by atoms with E-state index in [0.29, 0.717) is 36.1 Å². The summed E-state index contributed by atoms with van der Waals surface area (Å²) in [6.07, 6.45) is 1.08. The van der Waals surface area contributed by atoms with Crippen molar-refractivity contribution in [3.63, 3.8) is 0 Å². The van der Waals surface area contributed by atoms with Crippen LogP contribution in [-0.2, 0) is 31.9 Å². The van der Waals surface area contributed by atoms with Crippen molar-refractivity contribution < 1.29 is 37.9 Å². The van der Waals surface area contributed by atoms with E-state index in [0.717, 1.165) is 22.2 Å². The van der Waals surface area contributed by atoms with Crippen LogP contribution in [0, 0.1) is 5.92 Å². The van der Waals surface area contributed by atoms with Crippen molar-refractivity contribution in [1.29, 1.82) is 0 Å². The minimum Gasteiger partial charge on any atom is -0.454 e. The smallest absolute Gasteiger partial charge is 0.454 e. The van der Waals surface area contributed by atoms with E-state index in [4.69, 9.17) is 28.5 Å². The van der Waals surface area contributed by atoms with E-state index >= 15 is 0 Å². The minimum atomic E-state index is -0.882. The summed E-state index contributed by atoms with van der Waals surface area (Å²) in [6, 6.07) is 9.95. The van der Waals surface area contributed by atoms with Gasteiger partial charge in [-0.15, -0.1) is 0 Å². The molecule has 2 fully saturated rings. The number of rotatable bonds is 6. The third kappa shape index (κ3) is 5.91. The zero-order chi connectivity index (χ0) is 35.5. The van der Waals surface area contributed by atoms with Crippen LogP contribution in [0.25, 0.3) is 11.3 Å². The molecule has 5 heterocycles. The summed E-state index contributed by atoms with van der Waals surface area (Å²) >= 11 is 0. The molecule has 0 spiro atoms. The number of aromatic amines is 1. The fraction of sp³-hybridized carbons (Fsp3) is 0.486. The quantitative estimate of drug-likeness (QED) is 0.370. The number of carbonyl (C=O) groups is 3. The number of fused-ring (bicyclic) bond motifs is 3. The first kappa shape index (κ1) is 33.7. The zero-order valence-electron chi connectivity index (χ0n) is 29.4. The molecule has 3 aromatic rings. The SMILES string of the molecule is COC(=O)N[C@H](C(=O)N1CN(C(=O)N2Cc3ccc4c(c3C2)OCO4)C[C@H]1c1nc(-c2ccc(B3OC(C)(C)C(C)(C)O3)cc2)c[nH]1)C(C)C. The highest BCUT2D eigenvalue weighted by molar-refractivity contribution is 6.62. The first-order valence-electron chi connectivity index (χ1n) is 16.9. The third-order valence-electron chi connectivity index (χ3n) is 10.4. The molecule has 14 nitrogen and oxygen atoms in total. The lowest BCUT2D eigenvalue weighted by molar-refractivity contribution is -0.135. The van der Waals surface area contributed by atoms with E-state index in [-0.39, 0.29) is 37.9 Å². The number of H-pyrrole nitrogens is 1. The van der Waals surface area contributed by atoms with Crippen LogP contribution in [-0.4, -0.2) is 94.2 Å². The molecular formula is C35H43BN6O8. The second-order valence-electron chi connectivity index (χ2n) is 14.5. The average Bonchev–Trinajstić information content (AvgIpc) is 3.91. The maximum absolute atomic E-state index is 14.2. The number of carbonyl (C=O) groups excluding carboxylic acids is 3. The molecule has 1 aromatic heterocycles.